The molecule has 0 aromatic rings. The van der Waals surface area contributed by atoms with Crippen LogP contribution < -0.4 is 11.5 Å². The van der Waals surface area contributed by atoms with E-state index in [1.807, 2.05) is 6.55 Å². The summed E-state index contributed by atoms with van der Waals surface area (Å²) in [5.41, 5.74) is 8.50. The minimum absolute atomic E-state index is 0.218. The molecule has 0 atom stereocenters. The number of urea groups is 1. The lowest BCUT2D eigenvalue weighted by Crippen LogP contribution is -2.35. The molecule has 0 aromatic heterocycles. The molecule has 7 heteroatoms. The molecule has 6 nitrogen and oxygen atoms in total. The number of nitrogens with two attached hydrogens (primary N) is 2. The van der Waals surface area contributed by atoms with E-state index < -0.39 is 14.6 Å². The molecule has 0 aliphatic heterocycles. The molecule has 5 N–H and O–H groups in total. The number of primary amides is 2. The maximum absolute atomic E-state index is 9.00. The SMILES string of the molecule is CO[Si](C)(CCCO)OC.NC(N)=O. The first-order valence-corrected chi connectivity index (χ1v) is 6.70. The summed E-state index contributed by atoms with van der Waals surface area (Å²) in [6.45, 7) is 2.21. The number of aliphatic hydroxyl groups is 1. The molecule has 0 radical (unpaired) electrons. The topological polar surface area (TPSA) is 108 Å². The van der Waals surface area contributed by atoms with E-state index in [0.29, 0.717) is 0 Å². The number of rotatable bonds is 5. The Bertz CT molecular complexity index is 149. The molecule has 0 heterocycles. The molecule has 0 fully saturated rings. The quantitative estimate of drug-likeness (QED) is 0.560. The van der Waals surface area contributed by atoms with E-state index in [0.717, 1.165) is 12.5 Å². The molecule has 0 aliphatic carbocycles. The van der Waals surface area contributed by atoms with Crippen molar-refractivity contribution in [3.8, 4) is 0 Å². The van der Waals surface area contributed by atoms with Crippen molar-refractivity contribution in [3.63, 3.8) is 0 Å². The number of carbonyl (C=O) groups excluding carboxylic acids is 1. The van der Waals surface area contributed by atoms with Crippen molar-refractivity contribution in [1.29, 1.82) is 0 Å². The van der Waals surface area contributed by atoms with Gasteiger partial charge in [-0.15, -0.1) is 0 Å². The highest BCUT2D eigenvalue weighted by molar-refractivity contribution is 6.65. The zero-order chi connectivity index (χ0) is 11.6. The largest absolute Gasteiger partial charge is 0.398 e. The van der Waals surface area contributed by atoms with E-state index in [-0.39, 0.29) is 6.61 Å². The summed E-state index contributed by atoms with van der Waals surface area (Å²) in [5.74, 6) is 0. The molecule has 86 valence electrons. The molecule has 0 unspecified atom stereocenters. The molecular weight excluding hydrogens is 204 g/mol. The van der Waals surface area contributed by atoms with E-state index >= 15 is 0 Å². The van der Waals surface area contributed by atoms with E-state index in [4.69, 9.17) is 18.8 Å². The van der Waals surface area contributed by atoms with Crippen LogP contribution in [0.2, 0.25) is 12.6 Å². The minimum atomic E-state index is -1.88. The molecule has 0 spiro atoms. The highest BCUT2D eigenvalue weighted by Crippen LogP contribution is 2.12. The molecule has 0 aliphatic rings. The Morgan fingerprint density at radius 1 is 1.36 bits per heavy atom. The fourth-order valence-electron chi connectivity index (χ4n) is 0.688. The third-order valence-electron chi connectivity index (χ3n) is 1.65. The van der Waals surface area contributed by atoms with E-state index in [1.54, 1.807) is 14.2 Å². The highest BCUT2D eigenvalue weighted by Gasteiger charge is 2.27. The summed E-state index contributed by atoms with van der Waals surface area (Å²) in [4.78, 5) is 9.00. The van der Waals surface area contributed by atoms with Gasteiger partial charge in [-0.1, -0.05) is 0 Å². The molecule has 0 aromatic carbocycles. The second-order valence-electron chi connectivity index (χ2n) is 2.77. The Balaban J connectivity index is 0. The lowest BCUT2D eigenvalue weighted by molar-refractivity contribution is 0.238. The van der Waals surface area contributed by atoms with Crippen LogP contribution in [0.25, 0.3) is 0 Å². The van der Waals surface area contributed by atoms with Crippen LogP contribution in [0, 0.1) is 0 Å². The summed E-state index contributed by atoms with van der Waals surface area (Å²) in [6.07, 6.45) is 0.768. The van der Waals surface area contributed by atoms with Gasteiger partial charge in [-0.05, 0) is 19.0 Å². The third-order valence-corrected chi connectivity index (χ3v) is 4.64. The van der Waals surface area contributed by atoms with Gasteiger partial charge < -0.3 is 25.4 Å². The second-order valence-corrected chi connectivity index (χ2v) is 6.36. The van der Waals surface area contributed by atoms with Crippen LogP contribution in [-0.2, 0) is 8.85 Å². The van der Waals surface area contributed by atoms with Crippen molar-refractivity contribution in [2.45, 2.75) is 19.0 Å². The van der Waals surface area contributed by atoms with Crippen LogP contribution in [0.4, 0.5) is 4.79 Å². The van der Waals surface area contributed by atoms with Crippen molar-refractivity contribution in [1.82, 2.24) is 0 Å². The van der Waals surface area contributed by atoms with Crippen LogP contribution in [0.1, 0.15) is 6.42 Å². The average Bonchev–Trinajstić information content (AvgIpc) is 2.13. The van der Waals surface area contributed by atoms with E-state index in [1.165, 1.54) is 0 Å². The fraction of sp³-hybridized carbons (Fsp3) is 0.857. The first kappa shape index (κ1) is 15.8. The van der Waals surface area contributed by atoms with E-state index in [2.05, 4.69) is 11.5 Å². The number of carbonyl (C=O) groups is 1. The lowest BCUT2D eigenvalue weighted by Gasteiger charge is -2.21. The fourth-order valence-corrected chi connectivity index (χ4v) is 2.06. The molecule has 14 heavy (non-hydrogen) atoms. The maximum Gasteiger partial charge on any atom is 0.334 e. The highest BCUT2D eigenvalue weighted by atomic mass is 28.4. The number of hydrogen-bond acceptors (Lipinski definition) is 4. The monoisotopic (exact) mass is 224 g/mol. The van der Waals surface area contributed by atoms with Crippen molar-refractivity contribution >= 4 is 14.6 Å². The Kier molecular flexibility index (Phi) is 10.1. The number of amides is 2. The van der Waals surface area contributed by atoms with Crippen LogP contribution in [0.5, 0.6) is 0 Å². The second kappa shape index (κ2) is 8.94. The van der Waals surface area contributed by atoms with Gasteiger partial charge in [0.25, 0.3) is 0 Å². The van der Waals surface area contributed by atoms with Gasteiger partial charge in [-0.25, -0.2) is 4.79 Å². The number of aliphatic hydroxyl groups excluding tert-OH is 1. The Labute approximate surface area is 85.4 Å². The first-order valence-electron chi connectivity index (χ1n) is 4.18. The summed E-state index contributed by atoms with van der Waals surface area (Å²) in [5, 5.41) is 8.53. The minimum Gasteiger partial charge on any atom is -0.398 e. The standard InChI is InChI=1S/C6H16O3Si.CH4N2O/c1-8-10(3,9-2)6-4-5-7;2-1(3)4/h7H,4-6H2,1-3H3;(H4,2,3,4). The van der Waals surface area contributed by atoms with Gasteiger partial charge in [0.1, 0.15) is 0 Å². The predicted molar refractivity (Wildman–Crippen MR) is 55.9 cm³/mol. The Hall–Kier alpha value is -0.633. The Morgan fingerprint density at radius 2 is 1.71 bits per heavy atom. The van der Waals surface area contributed by atoms with Crippen molar-refractivity contribution in [2.75, 3.05) is 20.8 Å². The van der Waals surface area contributed by atoms with Gasteiger partial charge in [0.15, 0.2) is 0 Å². The maximum atomic E-state index is 9.00. The molecule has 0 rings (SSSR count). The average molecular weight is 224 g/mol. The van der Waals surface area contributed by atoms with Gasteiger partial charge in [-0.2, -0.15) is 0 Å². The molecule has 0 saturated carbocycles. The molecule has 2 amide bonds. The van der Waals surface area contributed by atoms with Crippen molar-refractivity contribution < 1.29 is 18.8 Å². The normalized spacial score (nSPS) is 10.3. The van der Waals surface area contributed by atoms with Crippen LogP contribution >= 0.6 is 0 Å². The molecular formula is C7H20N2O4Si. The summed E-state index contributed by atoms with van der Waals surface area (Å²) in [6, 6.07) is 0.0243. The van der Waals surface area contributed by atoms with Gasteiger partial charge in [0, 0.05) is 20.8 Å². The summed E-state index contributed by atoms with van der Waals surface area (Å²) >= 11 is 0. The zero-order valence-electron chi connectivity index (χ0n) is 8.95. The van der Waals surface area contributed by atoms with Crippen molar-refractivity contribution in [3.05, 3.63) is 0 Å². The predicted octanol–water partition coefficient (Wildman–Crippen LogP) is -0.243. The summed E-state index contributed by atoms with van der Waals surface area (Å²) < 4.78 is 10.4. The Morgan fingerprint density at radius 3 is 1.93 bits per heavy atom. The molecule has 0 bridgehead atoms. The lowest BCUT2D eigenvalue weighted by atomic mass is 10.5. The van der Waals surface area contributed by atoms with Crippen LogP contribution in [-0.4, -0.2) is 40.5 Å². The smallest absolute Gasteiger partial charge is 0.334 e. The summed E-state index contributed by atoms with van der Waals surface area (Å²) in [7, 11) is 1.44. The van der Waals surface area contributed by atoms with Crippen LogP contribution in [0.3, 0.4) is 0 Å². The van der Waals surface area contributed by atoms with Crippen molar-refractivity contribution in [2.24, 2.45) is 11.5 Å². The number of hydrogen-bond donors (Lipinski definition) is 3. The zero-order valence-corrected chi connectivity index (χ0v) is 9.95. The van der Waals surface area contributed by atoms with Gasteiger partial charge in [0.2, 0.25) is 0 Å². The van der Waals surface area contributed by atoms with Crippen LogP contribution in [0.15, 0.2) is 0 Å². The van der Waals surface area contributed by atoms with Gasteiger partial charge in [-0.3, -0.25) is 0 Å². The first-order chi connectivity index (χ1) is 6.41. The van der Waals surface area contributed by atoms with E-state index in [9.17, 15) is 0 Å². The molecule has 0 saturated heterocycles. The van der Waals surface area contributed by atoms with Gasteiger partial charge in [0.05, 0.1) is 0 Å². The third kappa shape index (κ3) is 11.4. The van der Waals surface area contributed by atoms with Gasteiger partial charge >= 0.3 is 14.6 Å².